The van der Waals surface area contributed by atoms with Gasteiger partial charge in [0.25, 0.3) is 0 Å². The Balaban J connectivity index is 1.76. The molecule has 3 N–H and O–H groups in total. The number of fused-ring (bicyclic) bond motifs is 1. The molecule has 1 aromatic carbocycles. The fourth-order valence-corrected chi connectivity index (χ4v) is 3.73. The topological polar surface area (TPSA) is 104 Å². The first-order valence-electron chi connectivity index (χ1n) is 9.24. The van der Waals surface area contributed by atoms with Crippen LogP contribution in [0.2, 0.25) is 0 Å². The summed E-state index contributed by atoms with van der Waals surface area (Å²) in [7, 11) is 1.63. The lowest BCUT2D eigenvalue weighted by atomic mass is 10.1. The molecule has 1 saturated heterocycles. The van der Waals surface area contributed by atoms with Crippen molar-refractivity contribution < 1.29 is 14.3 Å². The number of carbonyl (C=O) groups is 1. The minimum absolute atomic E-state index is 0.106. The Labute approximate surface area is 160 Å². The molecule has 28 heavy (non-hydrogen) atoms. The molecule has 0 spiro atoms. The van der Waals surface area contributed by atoms with Crippen LogP contribution in [0.1, 0.15) is 29.2 Å². The van der Waals surface area contributed by atoms with Crippen LogP contribution in [-0.4, -0.2) is 59.7 Å². The summed E-state index contributed by atoms with van der Waals surface area (Å²) in [5.41, 5.74) is 5.86. The molecule has 0 unspecified atom stereocenters. The highest BCUT2D eigenvalue weighted by atomic mass is 19.1. The summed E-state index contributed by atoms with van der Waals surface area (Å²) in [6, 6.07) is 2.99. The third-order valence-corrected chi connectivity index (χ3v) is 5.44. The van der Waals surface area contributed by atoms with E-state index in [0.29, 0.717) is 43.3 Å². The molecule has 2 heterocycles. The SMILES string of the molecule is CN=C(N)N1CCN(c2cc3c(cc2F)c(=O)c(C(=O)O)cn3C2CC2)CC1. The zero-order chi connectivity index (χ0) is 20.0. The second kappa shape index (κ2) is 6.81. The molecule has 4 rings (SSSR count). The number of carboxylic acid groups (broad SMARTS) is 1. The van der Waals surface area contributed by atoms with Crippen LogP contribution in [0.4, 0.5) is 10.1 Å². The molecule has 2 aromatic rings. The minimum Gasteiger partial charge on any atom is -0.477 e. The summed E-state index contributed by atoms with van der Waals surface area (Å²) in [5, 5.41) is 9.44. The average molecular weight is 387 g/mol. The van der Waals surface area contributed by atoms with Crippen LogP contribution < -0.4 is 16.1 Å². The van der Waals surface area contributed by atoms with Crippen LogP contribution >= 0.6 is 0 Å². The van der Waals surface area contributed by atoms with Gasteiger partial charge in [-0.3, -0.25) is 9.79 Å². The number of pyridine rings is 1. The smallest absolute Gasteiger partial charge is 0.341 e. The van der Waals surface area contributed by atoms with Crippen molar-refractivity contribution in [1.29, 1.82) is 0 Å². The number of anilines is 1. The molecule has 1 aliphatic carbocycles. The van der Waals surface area contributed by atoms with E-state index in [0.717, 1.165) is 12.8 Å². The van der Waals surface area contributed by atoms with Gasteiger partial charge < -0.3 is 25.2 Å². The number of aromatic carboxylic acids is 1. The molecule has 148 valence electrons. The Morgan fingerprint density at radius 1 is 1.25 bits per heavy atom. The molecular formula is C19H22FN5O3. The van der Waals surface area contributed by atoms with Gasteiger partial charge in [0.15, 0.2) is 5.96 Å². The van der Waals surface area contributed by atoms with Crippen molar-refractivity contribution in [3.05, 3.63) is 39.9 Å². The van der Waals surface area contributed by atoms with Gasteiger partial charge in [-0.25, -0.2) is 9.18 Å². The quantitative estimate of drug-likeness (QED) is 0.607. The van der Waals surface area contributed by atoms with Crippen LogP contribution in [0.15, 0.2) is 28.1 Å². The second-order valence-electron chi connectivity index (χ2n) is 7.19. The van der Waals surface area contributed by atoms with E-state index in [-0.39, 0.29) is 17.0 Å². The molecule has 8 nitrogen and oxygen atoms in total. The van der Waals surface area contributed by atoms with Gasteiger partial charge in [0.1, 0.15) is 11.4 Å². The van der Waals surface area contributed by atoms with E-state index in [1.807, 2.05) is 9.80 Å². The van der Waals surface area contributed by atoms with Crippen LogP contribution in [0.3, 0.4) is 0 Å². The summed E-state index contributed by atoms with van der Waals surface area (Å²) in [6.45, 7) is 2.38. The predicted molar refractivity (Wildman–Crippen MR) is 105 cm³/mol. The normalized spacial score (nSPS) is 18.0. The highest BCUT2D eigenvalue weighted by molar-refractivity contribution is 5.93. The van der Waals surface area contributed by atoms with E-state index in [9.17, 15) is 19.1 Å². The first-order chi connectivity index (χ1) is 13.4. The summed E-state index contributed by atoms with van der Waals surface area (Å²) < 4.78 is 16.7. The number of benzene rings is 1. The van der Waals surface area contributed by atoms with E-state index in [1.165, 1.54) is 12.3 Å². The van der Waals surface area contributed by atoms with E-state index in [4.69, 9.17) is 5.73 Å². The fourth-order valence-electron chi connectivity index (χ4n) is 3.73. The Kier molecular flexibility index (Phi) is 4.44. The number of carboxylic acids is 1. The Morgan fingerprint density at radius 2 is 1.93 bits per heavy atom. The first kappa shape index (κ1) is 18.3. The number of hydrogen-bond acceptors (Lipinski definition) is 4. The average Bonchev–Trinajstić information content (AvgIpc) is 3.52. The Morgan fingerprint density at radius 3 is 2.50 bits per heavy atom. The number of nitrogens with two attached hydrogens (primary N) is 1. The summed E-state index contributed by atoms with van der Waals surface area (Å²) in [4.78, 5) is 31.8. The number of rotatable bonds is 3. The molecule has 1 aromatic heterocycles. The van der Waals surface area contributed by atoms with Crippen molar-refractivity contribution in [2.75, 3.05) is 38.1 Å². The summed E-state index contributed by atoms with van der Waals surface area (Å²) in [5.74, 6) is -1.36. The van der Waals surface area contributed by atoms with Gasteiger partial charge in [-0.2, -0.15) is 0 Å². The van der Waals surface area contributed by atoms with E-state index < -0.39 is 17.2 Å². The zero-order valence-electron chi connectivity index (χ0n) is 15.6. The predicted octanol–water partition coefficient (Wildman–Crippen LogP) is 1.24. The largest absolute Gasteiger partial charge is 0.477 e. The van der Waals surface area contributed by atoms with Crippen molar-refractivity contribution in [1.82, 2.24) is 9.47 Å². The van der Waals surface area contributed by atoms with Crippen LogP contribution in [-0.2, 0) is 0 Å². The molecule has 9 heteroatoms. The molecule has 1 saturated carbocycles. The van der Waals surface area contributed by atoms with Crippen molar-refractivity contribution in [3.8, 4) is 0 Å². The molecule has 0 radical (unpaired) electrons. The monoisotopic (exact) mass is 387 g/mol. The standard InChI is InChI=1S/C19H22FN5O3/c1-22-19(21)24-6-4-23(5-7-24)16-9-15-12(8-14(16)20)17(26)13(18(27)28)10-25(15)11-2-3-11/h8-11H,2-7H2,1H3,(H2,21,22)(H,27,28). The Hall–Kier alpha value is -3.10. The third-order valence-electron chi connectivity index (χ3n) is 5.44. The molecule has 0 atom stereocenters. The maximum absolute atomic E-state index is 14.9. The van der Waals surface area contributed by atoms with Gasteiger partial charge in [0.2, 0.25) is 5.43 Å². The van der Waals surface area contributed by atoms with Gasteiger partial charge in [0.05, 0.1) is 11.2 Å². The molecule has 0 bridgehead atoms. The lowest BCUT2D eigenvalue weighted by molar-refractivity contribution is 0.0695. The van der Waals surface area contributed by atoms with Crippen molar-refractivity contribution in [2.45, 2.75) is 18.9 Å². The molecule has 2 fully saturated rings. The van der Waals surface area contributed by atoms with Crippen molar-refractivity contribution >= 4 is 28.5 Å². The number of nitrogens with zero attached hydrogens (tertiary/aromatic N) is 4. The molecular weight excluding hydrogens is 365 g/mol. The molecule has 0 amide bonds. The van der Waals surface area contributed by atoms with Gasteiger partial charge in [-0.15, -0.1) is 0 Å². The van der Waals surface area contributed by atoms with E-state index in [1.54, 1.807) is 17.7 Å². The van der Waals surface area contributed by atoms with E-state index >= 15 is 0 Å². The van der Waals surface area contributed by atoms with Crippen molar-refractivity contribution in [3.63, 3.8) is 0 Å². The number of hydrogen-bond donors (Lipinski definition) is 2. The van der Waals surface area contributed by atoms with Crippen LogP contribution in [0.25, 0.3) is 10.9 Å². The second-order valence-corrected chi connectivity index (χ2v) is 7.19. The maximum Gasteiger partial charge on any atom is 0.341 e. The maximum atomic E-state index is 14.9. The number of halogens is 1. The lowest BCUT2D eigenvalue weighted by Gasteiger charge is -2.36. The minimum atomic E-state index is -1.29. The van der Waals surface area contributed by atoms with Crippen LogP contribution in [0.5, 0.6) is 0 Å². The van der Waals surface area contributed by atoms with Crippen molar-refractivity contribution in [2.24, 2.45) is 10.7 Å². The highest BCUT2D eigenvalue weighted by Crippen LogP contribution is 2.38. The van der Waals surface area contributed by atoms with Gasteiger partial charge in [-0.05, 0) is 25.0 Å². The van der Waals surface area contributed by atoms with Gasteiger partial charge in [-0.1, -0.05) is 0 Å². The summed E-state index contributed by atoms with van der Waals surface area (Å²) in [6.07, 6.45) is 3.22. The first-order valence-corrected chi connectivity index (χ1v) is 9.24. The fraction of sp³-hybridized carbons (Fsp3) is 0.421. The van der Waals surface area contributed by atoms with Gasteiger partial charge in [0, 0.05) is 50.9 Å². The molecule has 1 aliphatic heterocycles. The number of aromatic nitrogens is 1. The number of guanidine groups is 1. The number of piperazine rings is 1. The van der Waals surface area contributed by atoms with E-state index in [2.05, 4.69) is 4.99 Å². The Bertz CT molecular complexity index is 1040. The highest BCUT2D eigenvalue weighted by Gasteiger charge is 2.28. The van der Waals surface area contributed by atoms with Crippen LogP contribution in [0, 0.1) is 5.82 Å². The zero-order valence-corrected chi connectivity index (χ0v) is 15.6. The summed E-state index contributed by atoms with van der Waals surface area (Å²) >= 11 is 0. The number of aliphatic imine (C=N–C) groups is 1. The lowest BCUT2D eigenvalue weighted by Crippen LogP contribution is -2.51. The molecule has 2 aliphatic rings. The third kappa shape index (κ3) is 3.06. The van der Waals surface area contributed by atoms with Gasteiger partial charge >= 0.3 is 5.97 Å².